The maximum atomic E-state index is 6.23. The Morgan fingerprint density at radius 2 is 1.93 bits per heavy atom. The molecule has 7 heteroatoms. The van der Waals surface area contributed by atoms with Crippen molar-refractivity contribution in [2.45, 2.75) is 37.8 Å². The number of nitrogens with two attached hydrogens (primary N) is 1. The highest BCUT2D eigenvalue weighted by molar-refractivity contribution is 5.69. The molecule has 7 nitrogen and oxygen atoms in total. The molecule has 1 fully saturated rings. The number of benzene rings is 1. The van der Waals surface area contributed by atoms with E-state index in [4.69, 9.17) is 10.5 Å². The predicted octanol–water partition coefficient (Wildman–Crippen LogP) is 3.97. The second-order valence-electron chi connectivity index (χ2n) is 7.26. The molecule has 0 saturated heterocycles. The fraction of sp³-hybridized carbons (Fsp3) is 0.318. The molecule has 2 aromatic heterocycles. The number of hydrogen-bond donors (Lipinski definition) is 3. The van der Waals surface area contributed by atoms with Gasteiger partial charge < -0.3 is 21.1 Å². The van der Waals surface area contributed by atoms with Crippen LogP contribution in [0.4, 0.5) is 17.5 Å². The van der Waals surface area contributed by atoms with E-state index < -0.39 is 0 Å². The van der Waals surface area contributed by atoms with Crippen molar-refractivity contribution in [2.75, 3.05) is 17.7 Å². The Morgan fingerprint density at radius 1 is 1.03 bits per heavy atom. The number of hydrogen-bond acceptors (Lipinski definition) is 7. The van der Waals surface area contributed by atoms with Gasteiger partial charge in [-0.1, -0.05) is 25.0 Å². The van der Waals surface area contributed by atoms with E-state index in [9.17, 15) is 0 Å². The number of ether oxygens (including phenoxy) is 1. The maximum Gasteiger partial charge on any atom is 0.224 e. The Labute approximate surface area is 170 Å². The molecule has 1 aromatic carbocycles. The highest BCUT2D eigenvalue weighted by atomic mass is 16.5. The third-order valence-corrected chi connectivity index (χ3v) is 5.20. The van der Waals surface area contributed by atoms with Gasteiger partial charge in [0.05, 0.1) is 7.11 Å². The molecule has 2 heterocycles. The van der Waals surface area contributed by atoms with Crippen LogP contribution in [-0.4, -0.2) is 34.1 Å². The summed E-state index contributed by atoms with van der Waals surface area (Å²) in [6.45, 7) is 0. The van der Waals surface area contributed by atoms with Crippen LogP contribution in [0.5, 0.6) is 5.88 Å². The van der Waals surface area contributed by atoms with Gasteiger partial charge in [0.15, 0.2) is 0 Å². The Hall–Kier alpha value is -3.19. The summed E-state index contributed by atoms with van der Waals surface area (Å²) in [6, 6.07) is 14.2. The highest BCUT2D eigenvalue weighted by Gasteiger charge is 2.22. The zero-order chi connectivity index (χ0) is 20.1. The fourth-order valence-electron chi connectivity index (χ4n) is 3.60. The van der Waals surface area contributed by atoms with Crippen LogP contribution in [0.1, 0.15) is 25.7 Å². The monoisotopic (exact) mass is 390 g/mol. The van der Waals surface area contributed by atoms with E-state index in [1.807, 2.05) is 36.4 Å². The van der Waals surface area contributed by atoms with E-state index >= 15 is 0 Å². The first-order valence-electron chi connectivity index (χ1n) is 9.94. The van der Waals surface area contributed by atoms with Crippen molar-refractivity contribution >= 4 is 17.5 Å². The molecular weight excluding hydrogens is 364 g/mol. The number of methoxy groups -OCH3 is 1. The second-order valence-corrected chi connectivity index (χ2v) is 7.26. The quantitative estimate of drug-likeness (QED) is 0.586. The lowest BCUT2D eigenvalue weighted by molar-refractivity contribution is 0.398. The average molecular weight is 390 g/mol. The Bertz CT molecular complexity index is 946. The normalized spacial score (nSPS) is 18.8. The zero-order valence-corrected chi connectivity index (χ0v) is 16.5. The number of rotatable bonds is 6. The number of pyridine rings is 1. The molecule has 3 aromatic rings. The van der Waals surface area contributed by atoms with Crippen LogP contribution in [-0.2, 0) is 0 Å². The van der Waals surface area contributed by atoms with Gasteiger partial charge in [0.1, 0.15) is 5.82 Å². The first-order chi connectivity index (χ1) is 14.2. The fourth-order valence-corrected chi connectivity index (χ4v) is 3.60. The predicted molar refractivity (Wildman–Crippen MR) is 115 cm³/mol. The summed E-state index contributed by atoms with van der Waals surface area (Å²) in [5.74, 6) is 1.94. The van der Waals surface area contributed by atoms with E-state index in [2.05, 4.69) is 31.7 Å². The lowest BCUT2D eigenvalue weighted by Crippen LogP contribution is -2.42. The molecule has 2 atom stereocenters. The van der Waals surface area contributed by atoms with Gasteiger partial charge in [-0.3, -0.25) is 0 Å². The maximum absolute atomic E-state index is 6.23. The average Bonchev–Trinajstić information content (AvgIpc) is 2.76. The van der Waals surface area contributed by atoms with Crippen LogP contribution in [0.15, 0.2) is 54.9 Å². The van der Waals surface area contributed by atoms with Crippen molar-refractivity contribution in [2.24, 2.45) is 5.73 Å². The van der Waals surface area contributed by atoms with Gasteiger partial charge >= 0.3 is 0 Å². The van der Waals surface area contributed by atoms with E-state index in [0.29, 0.717) is 11.8 Å². The van der Waals surface area contributed by atoms with Crippen molar-refractivity contribution in [3.05, 3.63) is 54.9 Å². The molecule has 0 radical (unpaired) electrons. The summed E-state index contributed by atoms with van der Waals surface area (Å²) >= 11 is 0. The smallest absolute Gasteiger partial charge is 0.224 e. The summed E-state index contributed by atoms with van der Waals surface area (Å²) in [4.78, 5) is 13.2. The second kappa shape index (κ2) is 8.87. The lowest BCUT2D eigenvalue weighted by Gasteiger charge is -2.29. The van der Waals surface area contributed by atoms with Crippen LogP contribution in [0.3, 0.4) is 0 Å². The molecule has 0 aliphatic heterocycles. The van der Waals surface area contributed by atoms with Crippen molar-refractivity contribution in [3.63, 3.8) is 0 Å². The van der Waals surface area contributed by atoms with Crippen molar-refractivity contribution in [3.8, 4) is 17.0 Å². The third-order valence-electron chi connectivity index (χ3n) is 5.20. The van der Waals surface area contributed by atoms with Crippen LogP contribution in [0, 0.1) is 0 Å². The Morgan fingerprint density at radius 3 is 2.72 bits per heavy atom. The molecule has 150 valence electrons. The number of aromatic nitrogens is 3. The van der Waals surface area contributed by atoms with Crippen LogP contribution < -0.4 is 21.1 Å². The summed E-state index contributed by atoms with van der Waals surface area (Å²) in [7, 11) is 1.61. The van der Waals surface area contributed by atoms with E-state index in [-0.39, 0.29) is 12.1 Å². The van der Waals surface area contributed by atoms with Crippen LogP contribution in [0.25, 0.3) is 11.1 Å². The molecule has 0 spiro atoms. The van der Waals surface area contributed by atoms with Crippen LogP contribution in [0.2, 0.25) is 0 Å². The molecule has 29 heavy (non-hydrogen) atoms. The van der Waals surface area contributed by atoms with E-state index in [0.717, 1.165) is 35.5 Å². The van der Waals surface area contributed by atoms with Crippen molar-refractivity contribution in [1.82, 2.24) is 15.0 Å². The lowest BCUT2D eigenvalue weighted by atomic mass is 9.91. The Balaban J connectivity index is 1.47. The van der Waals surface area contributed by atoms with Gasteiger partial charge in [0.2, 0.25) is 11.8 Å². The standard InChI is InChI=1S/C22H26N6O/c1-29-21-10-9-16(14-25-21)15-5-4-6-17(13-15)26-20-11-12-24-22(28-20)27-19-8-3-2-7-18(19)23/h4-6,9-14,18-19H,2-3,7-8,23H2,1H3,(H2,24,26,27,28)/t18-,19+/m0/s1. The molecule has 0 amide bonds. The molecule has 4 N–H and O–H groups in total. The molecule has 0 unspecified atom stereocenters. The minimum Gasteiger partial charge on any atom is -0.481 e. The number of nitrogens with zero attached hydrogens (tertiary/aromatic N) is 3. The summed E-state index contributed by atoms with van der Waals surface area (Å²) in [5, 5.41) is 6.76. The number of anilines is 3. The molecule has 1 aliphatic rings. The molecule has 1 saturated carbocycles. The molecular formula is C22H26N6O. The van der Waals surface area contributed by atoms with Crippen molar-refractivity contribution < 1.29 is 4.74 Å². The first kappa shape index (κ1) is 19.1. The van der Waals surface area contributed by atoms with E-state index in [1.165, 1.54) is 12.8 Å². The topological polar surface area (TPSA) is 98.0 Å². The number of nitrogens with one attached hydrogen (secondary N) is 2. The summed E-state index contributed by atoms with van der Waals surface area (Å²) in [6.07, 6.45) is 8.04. The molecule has 1 aliphatic carbocycles. The largest absolute Gasteiger partial charge is 0.481 e. The summed E-state index contributed by atoms with van der Waals surface area (Å²) in [5.41, 5.74) is 9.25. The van der Waals surface area contributed by atoms with Gasteiger partial charge in [0.25, 0.3) is 0 Å². The minimum atomic E-state index is 0.152. The molecule has 4 rings (SSSR count). The van der Waals surface area contributed by atoms with Gasteiger partial charge in [-0.25, -0.2) is 9.97 Å². The Kier molecular flexibility index (Phi) is 5.86. The van der Waals surface area contributed by atoms with Gasteiger partial charge in [-0.05, 0) is 42.7 Å². The zero-order valence-electron chi connectivity index (χ0n) is 16.5. The van der Waals surface area contributed by atoms with Crippen LogP contribution >= 0.6 is 0 Å². The molecule has 0 bridgehead atoms. The van der Waals surface area contributed by atoms with E-state index in [1.54, 1.807) is 19.5 Å². The minimum absolute atomic E-state index is 0.152. The first-order valence-corrected chi connectivity index (χ1v) is 9.94. The highest BCUT2D eigenvalue weighted by Crippen LogP contribution is 2.25. The summed E-state index contributed by atoms with van der Waals surface area (Å²) < 4.78 is 5.13. The van der Waals surface area contributed by atoms with Gasteiger partial charge in [-0.15, -0.1) is 0 Å². The third kappa shape index (κ3) is 4.81. The van der Waals surface area contributed by atoms with Gasteiger partial charge in [-0.2, -0.15) is 4.98 Å². The van der Waals surface area contributed by atoms with Crippen molar-refractivity contribution in [1.29, 1.82) is 0 Å². The SMILES string of the molecule is COc1ccc(-c2cccc(Nc3ccnc(N[C@@H]4CCCC[C@@H]4N)n3)c2)cn1. The van der Waals surface area contributed by atoms with Gasteiger partial charge in [0, 0.05) is 41.8 Å².